The summed E-state index contributed by atoms with van der Waals surface area (Å²) in [6.45, 7) is 4.03. The number of hydrogen-bond donors (Lipinski definition) is 1. The van der Waals surface area contributed by atoms with Crippen molar-refractivity contribution < 1.29 is 4.52 Å². The topological polar surface area (TPSA) is 55.9 Å². The van der Waals surface area contributed by atoms with Crippen molar-refractivity contribution >= 4 is 11.6 Å². The van der Waals surface area contributed by atoms with E-state index in [0.29, 0.717) is 11.1 Å². The molecule has 154 valence electrons. The van der Waals surface area contributed by atoms with Crippen molar-refractivity contribution in [1.82, 2.24) is 20.3 Å². The summed E-state index contributed by atoms with van der Waals surface area (Å²) in [6.07, 6.45) is 5.80. The van der Waals surface area contributed by atoms with E-state index >= 15 is 0 Å². The van der Waals surface area contributed by atoms with Crippen molar-refractivity contribution in [3.05, 3.63) is 58.4 Å². The van der Waals surface area contributed by atoms with Gasteiger partial charge >= 0.3 is 0 Å². The largest absolute Gasteiger partial charge is 0.361 e. The fraction of sp³-hybridized carbons (Fsp3) is 0.478. The molecule has 1 fully saturated rings. The molecular formula is C23H29ClN4O. The normalized spacial score (nSPS) is 19.1. The van der Waals surface area contributed by atoms with Gasteiger partial charge in [-0.05, 0) is 69.5 Å². The van der Waals surface area contributed by atoms with Gasteiger partial charge in [0.25, 0.3) is 0 Å². The summed E-state index contributed by atoms with van der Waals surface area (Å²) in [6, 6.07) is 12.6. The van der Waals surface area contributed by atoms with Crippen LogP contribution in [0.25, 0.3) is 11.4 Å². The smallest absolute Gasteiger partial charge is 0.134 e. The molecule has 4 rings (SSSR count). The van der Waals surface area contributed by atoms with Crippen molar-refractivity contribution in [2.24, 2.45) is 18.9 Å². The monoisotopic (exact) mass is 412 g/mol. The fourth-order valence-electron chi connectivity index (χ4n) is 4.43. The third kappa shape index (κ3) is 4.90. The molecule has 6 heteroatoms. The Morgan fingerprint density at radius 2 is 2.00 bits per heavy atom. The number of nitrogens with one attached hydrogen (secondary N) is 1. The third-order valence-electron chi connectivity index (χ3n) is 5.95. The standard InChI is InChI=1S/C23H29ClN4O/c1-16-12-21(27-29-16)22-20(23(24)28(2)26-22)14-18-8-9-19(13-18)15-25-11-10-17-6-4-3-5-7-17/h3-7,12,18-19,25H,8-11,13-15H2,1-2H3. The highest BCUT2D eigenvalue weighted by atomic mass is 35.5. The van der Waals surface area contributed by atoms with E-state index in [1.807, 2.05) is 20.0 Å². The van der Waals surface area contributed by atoms with Crippen LogP contribution in [0.15, 0.2) is 40.9 Å². The van der Waals surface area contributed by atoms with Crippen LogP contribution in [0, 0.1) is 18.8 Å². The molecule has 1 aliphatic carbocycles. The van der Waals surface area contributed by atoms with Gasteiger partial charge < -0.3 is 9.84 Å². The molecule has 1 N–H and O–H groups in total. The highest BCUT2D eigenvalue weighted by molar-refractivity contribution is 6.30. The van der Waals surface area contributed by atoms with Crippen LogP contribution in [0.5, 0.6) is 0 Å². The summed E-state index contributed by atoms with van der Waals surface area (Å²) in [5.41, 5.74) is 4.13. The molecule has 1 aliphatic rings. The molecule has 2 unspecified atom stereocenters. The molecule has 0 aliphatic heterocycles. The van der Waals surface area contributed by atoms with Crippen LogP contribution in [-0.4, -0.2) is 28.0 Å². The summed E-state index contributed by atoms with van der Waals surface area (Å²) in [5, 5.41) is 13.1. The van der Waals surface area contributed by atoms with Crippen molar-refractivity contribution in [1.29, 1.82) is 0 Å². The van der Waals surface area contributed by atoms with E-state index in [0.717, 1.165) is 54.6 Å². The highest BCUT2D eigenvalue weighted by Crippen LogP contribution is 2.37. The summed E-state index contributed by atoms with van der Waals surface area (Å²) in [4.78, 5) is 0. The van der Waals surface area contributed by atoms with E-state index in [4.69, 9.17) is 16.1 Å². The van der Waals surface area contributed by atoms with E-state index in [9.17, 15) is 0 Å². The van der Waals surface area contributed by atoms with Gasteiger partial charge in [-0.2, -0.15) is 5.10 Å². The Morgan fingerprint density at radius 1 is 1.21 bits per heavy atom. The lowest BCUT2D eigenvalue weighted by atomic mass is 9.96. The van der Waals surface area contributed by atoms with Crippen molar-refractivity contribution in [2.75, 3.05) is 13.1 Å². The van der Waals surface area contributed by atoms with Gasteiger partial charge in [-0.3, -0.25) is 4.68 Å². The zero-order valence-electron chi connectivity index (χ0n) is 17.2. The molecule has 0 radical (unpaired) electrons. The lowest BCUT2D eigenvalue weighted by molar-refractivity contribution is 0.399. The number of rotatable bonds is 8. The molecule has 2 aromatic heterocycles. The van der Waals surface area contributed by atoms with E-state index in [2.05, 4.69) is 45.9 Å². The fourth-order valence-corrected chi connectivity index (χ4v) is 4.64. The van der Waals surface area contributed by atoms with Crippen LogP contribution < -0.4 is 5.32 Å². The molecule has 3 aromatic rings. The zero-order valence-corrected chi connectivity index (χ0v) is 18.0. The van der Waals surface area contributed by atoms with Gasteiger partial charge in [-0.25, -0.2) is 0 Å². The Bertz CT molecular complexity index is 934. The second-order valence-electron chi connectivity index (χ2n) is 8.25. The van der Waals surface area contributed by atoms with Crippen LogP contribution in [-0.2, 0) is 19.9 Å². The van der Waals surface area contributed by atoms with Gasteiger partial charge in [-0.1, -0.05) is 47.1 Å². The maximum atomic E-state index is 6.58. The minimum absolute atomic E-state index is 0.643. The molecule has 0 bridgehead atoms. The molecule has 1 saturated carbocycles. The highest BCUT2D eigenvalue weighted by Gasteiger charge is 2.28. The molecular weight excluding hydrogens is 384 g/mol. The predicted molar refractivity (Wildman–Crippen MR) is 116 cm³/mol. The van der Waals surface area contributed by atoms with Gasteiger partial charge in [0.2, 0.25) is 0 Å². The Kier molecular flexibility index (Phi) is 6.36. The molecule has 0 saturated heterocycles. The minimum atomic E-state index is 0.643. The van der Waals surface area contributed by atoms with Crippen molar-refractivity contribution in [2.45, 2.75) is 39.0 Å². The first-order chi connectivity index (χ1) is 14.1. The number of halogens is 1. The summed E-state index contributed by atoms with van der Waals surface area (Å²) >= 11 is 6.58. The number of nitrogens with zero attached hydrogens (tertiary/aromatic N) is 3. The lowest BCUT2D eigenvalue weighted by Gasteiger charge is -2.13. The van der Waals surface area contributed by atoms with Crippen LogP contribution in [0.1, 0.15) is 36.1 Å². The second-order valence-corrected chi connectivity index (χ2v) is 8.61. The Hall–Kier alpha value is -2.11. The lowest BCUT2D eigenvalue weighted by Crippen LogP contribution is -2.23. The molecule has 0 spiro atoms. The van der Waals surface area contributed by atoms with Gasteiger partial charge in [0.15, 0.2) is 0 Å². The van der Waals surface area contributed by atoms with Gasteiger partial charge in [-0.15, -0.1) is 0 Å². The summed E-state index contributed by atoms with van der Waals surface area (Å²) in [5.74, 6) is 2.17. The average molecular weight is 413 g/mol. The van der Waals surface area contributed by atoms with Gasteiger partial charge in [0, 0.05) is 18.7 Å². The van der Waals surface area contributed by atoms with E-state index in [1.165, 1.54) is 24.8 Å². The minimum Gasteiger partial charge on any atom is -0.361 e. The summed E-state index contributed by atoms with van der Waals surface area (Å²) in [7, 11) is 1.89. The molecule has 0 amide bonds. The molecule has 2 atom stereocenters. The van der Waals surface area contributed by atoms with Crippen LogP contribution >= 0.6 is 11.6 Å². The number of hydrogen-bond acceptors (Lipinski definition) is 4. The SMILES string of the molecule is Cc1cc(-c2nn(C)c(Cl)c2CC2CCC(CNCCc3ccccc3)C2)no1. The van der Waals surface area contributed by atoms with E-state index in [1.54, 1.807) is 4.68 Å². The van der Waals surface area contributed by atoms with E-state index < -0.39 is 0 Å². The maximum Gasteiger partial charge on any atom is 0.134 e. The second kappa shape index (κ2) is 9.14. The Labute approximate surface area is 177 Å². The van der Waals surface area contributed by atoms with Gasteiger partial charge in [0.05, 0.1) is 0 Å². The van der Waals surface area contributed by atoms with Gasteiger partial charge in [0.1, 0.15) is 22.3 Å². The average Bonchev–Trinajstić information content (AvgIpc) is 3.42. The predicted octanol–water partition coefficient (Wildman–Crippen LogP) is 4.83. The molecule has 1 aromatic carbocycles. The van der Waals surface area contributed by atoms with Crippen molar-refractivity contribution in [3.8, 4) is 11.4 Å². The summed E-state index contributed by atoms with van der Waals surface area (Å²) < 4.78 is 6.99. The number of aryl methyl sites for hydroxylation is 2. The number of aromatic nitrogens is 3. The number of benzene rings is 1. The van der Waals surface area contributed by atoms with Crippen LogP contribution in [0.2, 0.25) is 5.15 Å². The molecule has 5 nitrogen and oxygen atoms in total. The van der Waals surface area contributed by atoms with E-state index in [-0.39, 0.29) is 0 Å². The molecule has 2 heterocycles. The first-order valence-corrected chi connectivity index (χ1v) is 10.9. The first-order valence-electron chi connectivity index (χ1n) is 10.5. The van der Waals surface area contributed by atoms with Crippen molar-refractivity contribution in [3.63, 3.8) is 0 Å². The van der Waals surface area contributed by atoms with Crippen LogP contribution in [0.3, 0.4) is 0 Å². The third-order valence-corrected chi connectivity index (χ3v) is 6.42. The zero-order chi connectivity index (χ0) is 20.2. The quantitative estimate of drug-likeness (QED) is 0.538. The Morgan fingerprint density at radius 3 is 2.76 bits per heavy atom. The Balaban J connectivity index is 1.30. The maximum absolute atomic E-state index is 6.58. The first kappa shape index (κ1) is 20.2. The molecule has 29 heavy (non-hydrogen) atoms. The van der Waals surface area contributed by atoms with Crippen LogP contribution in [0.4, 0.5) is 0 Å².